The third-order valence-corrected chi connectivity index (χ3v) is 4.29. The number of rotatable bonds is 4. The van der Waals surface area contributed by atoms with Gasteiger partial charge in [0.1, 0.15) is 5.76 Å². The molecule has 4 nitrogen and oxygen atoms in total. The standard InChI is InChI=1S/C13H17NO3/c15-13(16)11-8-3-4-9(6-8)12(11)14-7-10-2-1-5-17-10/h1-2,5,8-9,11-12,14H,3-4,6-7H2,(H,15,16). The Balaban J connectivity index is 1.67. The first kappa shape index (κ1) is 10.8. The van der Waals surface area contributed by atoms with Gasteiger partial charge in [-0.15, -0.1) is 0 Å². The van der Waals surface area contributed by atoms with Crippen molar-refractivity contribution in [2.75, 3.05) is 0 Å². The van der Waals surface area contributed by atoms with E-state index >= 15 is 0 Å². The minimum Gasteiger partial charge on any atom is -0.481 e. The van der Waals surface area contributed by atoms with Crippen molar-refractivity contribution < 1.29 is 14.3 Å². The number of hydrogen-bond donors (Lipinski definition) is 2. The van der Waals surface area contributed by atoms with Crippen molar-refractivity contribution in [3.63, 3.8) is 0 Å². The zero-order valence-corrected chi connectivity index (χ0v) is 9.63. The summed E-state index contributed by atoms with van der Waals surface area (Å²) in [6.07, 6.45) is 4.98. The molecule has 2 N–H and O–H groups in total. The van der Waals surface area contributed by atoms with E-state index in [0.29, 0.717) is 18.4 Å². The Morgan fingerprint density at radius 1 is 1.47 bits per heavy atom. The fourth-order valence-corrected chi connectivity index (χ4v) is 3.57. The molecule has 17 heavy (non-hydrogen) atoms. The number of fused-ring (bicyclic) bond motifs is 2. The first-order chi connectivity index (χ1) is 8.25. The van der Waals surface area contributed by atoms with Crippen LogP contribution in [0.1, 0.15) is 25.0 Å². The molecule has 4 heteroatoms. The molecule has 2 aliphatic rings. The number of furan rings is 1. The summed E-state index contributed by atoms with van der Waals surface area (Å²) in [5.41, 5.74) is 0. The molecular weight excluding hydrogens is 218 g/mol. The molecule has 0 aromatic carbocycles. The van der Waals surface area contributed by atoms with E-state index in [2.05, 4.69) is 5.32 Å². The molecule has 2 bridgehead atoms. The molecular formula is C13H17NO3. The normalized spacial score (nSPS) is 35.3. The summed E-state index contributed by atoms with van der Waals surface area (Å²) in [7, 11) is 0. The maximum absolute atomic E-state index is 11.3. The Hall–Kier alpha value is -1.29. The van der Waals surface area contributed by atoms with Gasteiger partial charge in [0, 0.05) is 6.04 Å². The molecule has 2 fully saturated rings. The van der Waals surface area contributed by atoms with Gasteiger partial charge >= 0.3 is 5.97 Å². The number of carboxylic acid groups (broad SMARTS) is 1. The smallest absolute Gasteiger partial charge is 0.308 e. The number of hydrogen-bond acceptors (Lipinski definition) is 3. The molecule has 0 saturated heterocycles. The number of carbonyl (C=O) groups is 1. The van der Waals surface area contributed by atoms with Crippen molar-refractivity contribution in [3.8, 4) is 0 Å². The zero-order valence-electron chi connectivity index (χ0n) is 9.63. The molecule has 0 radical (unpaired) electrons. The van der Waals surface area contributed by atoms with Crippen LogP contribution < -0.4 is 5.32 Å². The van der Waals surface area contributed by atoms with Crippen molar-refractivity contribution in [3.05, 3.63) is 24.2 Å². The van der Waals surface area contributed by atoms with Crippen LogP contribution in [0.4, 0.5) is 0 Å². The van der Waals surface area contributed by atoms with Gasteiger partial charge in [-0.05, 0) is 43.2 Å². The topological polar surface area (TPSA) is 62.5 Å². The Morgan fingerprint density at radius 3 is 3.00 bits per heavy atom. The van der Waals surface area contributed by atoms with Gasteiger partial charge in [-0.25, -0.2) is 0 Å². The predicted octanol–water partition coefficient (Wildman–Crippen LogP) is 1.87. The summed E-state index contributed by atoms with van der Waals surface area (Å²) in [5, 5.41) is 12.7. The quantitative estimate of drug-likeness (QED) is 0.836. The largest absolute Gasteiger partial charge is 0.481 e. The second-order valence-electron chi connectivity index (χ2n) is 5.18. The minimum atomic E-state index is -0.644. The summed E-state index contributed by atoms with van der Waals surface area (Å²) in [5.74, 6) is 0.942. The van der Waals surface area contributed by atoms with Crippen molar-refractivity contribution in [1.29, 1.82) is 0 Å². The summed E-state index contributed by atoms with van der Waals surface area (Å²) in [6.45, 7) is 0.630. The molecule has 0 spiro atoms. The van der Waals surface area contributed by atoms with Crippen molar-refractivity contribution >= 4 is 5.97 Å². The Bertz CT molecular complexity index is 401. The molecule has 2 aliphatic carbocycles. The lowest BCUT2D eigenvalue weighted by molar-refractivity contribution is -0.144. The van der Waals surface area contributed by atoms with Crippen LogP contribution in [-0.2, 0) is 11.3 Å². The number of carboxylic acids is 1. The van der Waals surface area contributed by atoms with Crippen LogP contribution in [0.5, 0.6) is 0 Å². The molecule has 2 saturated carbocycles. The summed E-state index contributed by atoms with van der Waals surface area (Å²) >= 11 is 0. The van der Waals surface area contributed by atoms with Gasteiger partial charge in [0.2, 0.25) is 0 Å². The maximum atomic E-state index is 11.3. The maximum Gasteiger partial charge on any atom is 0.308 e. The summed E-state index contributed by atoms with van der Waals surface area (Å²) < 4.78 is 5.26. The highest BCUT2D eigenvalue weighted by molar-refractivity contribution is 5.72. The Morgan fingerprint density at radius 2 is 2.29 bits per heavy atom. The van der Waals surface area contributed by atoms with Crippen molar-refractivity contribution in [2.24, 2.45) is 17.8 Å². The lowest BCUT2D eigenvalue weighted by Crippen LogP contribution is -2.43. The predicted molar refractivity (Wildman–Crippen MR) is 61.3 cm³/mol. The average molecular weight is 235 g/mol. The highest BCUT2D eigenvalue weighted by Crippen LogP contribution is 2.48. The second-order valence-corrected chi connectivity index (χ2v) is 5.18. The number of nitrogens with one attached hydrogen (secondary N) is 1. The van der Waals surface area contributed by atoms with Crippen LogP contribution in [-0.4, -0.2) is 17.1 Å². The van der Waals surface area contributed by atoms with Gasteiger partial charge in [0.25, 0.3) is 0 Å². The molecule has 1 aromatic heterocycles. The monoisotopic (exact) mass is 235 g/mol. The lowest BCUT2D eigenvalue weighted by atomic mass is 9.84. The Kier molecular flexibility index (Phi) is 2.67. The van der Waals surface area contributed by atoms with E-state index in [4.69, 9.17) is 4.42 Å². The van der Waals surface area contributed by atoms with E-state index in [9.17, 15) is 9.90 Å². The summed E-state index contributed by atoms with van der Waals surface area (Å²) in [6, 6.07) is 3.89. The van der Waals surface area contributed by atoms with Crippen LogP contribution in [0.25, 0.3) is 0 Å². The zero-order chi connectivity index (χ0) is 11.8. The third kappa shape index (κ3) is 1.86. The van der Waals surface area contributed by atoms with E-state index in [0.717, 1.165) is 18.6 Å². The van der Waals surface area contributed by atoms with Crippen LogP contribution in [0, 0.1) is 17.8 Å². The van der Waals surface area contributed by atoms with E-state index in [1.54, 1.807) is 6.26 Å². The Labute approximate surface area is 100 Å². The minimum absolute atomic E-state index is 0.122. The van der Waals surface area contributed by atoms with Crippen LogP contribution >= 0.6 is 0 Å². The fourth-order valence-electron chi connectivity index (χ4n) is 3.57. The molecule has 4 atom stereocenters. The van der Waals surface area contributed by atoms with Gasteiger partial charge in [-0.1, -0.05) is 0 Å². The fraction of sp³-hybridized carbons (Fsp3) is 0.615. The van der Waals surface area contributed by atoms with E-state index in [1.807, 2.05) is 12.1 Å². The molecule has 3 rings (SSSR count). The van der Waals surface area contributed by atoms with Crippen LogP contribution in [0.15, 0.2) is 22.8 Å². The van der Waals surface area contributed by atoms with Crippen molar-refractivity contribution in [2.45, 2.75) is 31.8 Å². The first-order valence-electron chi connectivity index (χ1n) is 6.24. The number of aliphatic carboxylic acids is 1. The van der Waals surface area contributed by atoms with Crippen LogP contribution in [0.2, 0.25) is 0 Å². The van der Waals surface area contributed by atoms with Crippen molar-refractivity contribution in [1.82, 2.24) is 5.32 Å². The molecule has 92 valence electrons. The van der Waals surface area contributed by atoms with Gasteiger partial charge in [-0.3, -0.25) is 4.79 Å². The van der Waals surface area contributed by atoms with E-state index < -0.39 is 5.97 Å². The third-order valence-electron chi connectivity index (χ3n) is 4.29. The second kappa shape index (κ2) is 4.18. The molecule has 1 heterocycles. The molecule has 4 unspecified atom stereocenters. The SMILES string of the molecule is O=C(O)C1C2CCC(C2)C1NCc1ccco1. The first-order valence-corrected chi connectivity index (χ1v) is 6.24. The van der Waals surface area contributed by atoms with Gasteiger partial charge in [0.05, 0.1) is 18.7 Å². The highest BCUT2D eigenvalue weighted by Gasteiger charge is 2.50. The van der Waals surface area contributed by atoms with E-state index in [1.165, 1.54) is 6.42 Å². The van der Waals surface area contributed by atoms with Gasteiger partial charge in [-0.2, -0.15) is 0 Å². The molecule has 0 amide bonds. The summed E-state index contributed by atoms with van der Waals surface area (Å²) in [4.78, 5) is 11.3. The van der Waals surface area contributed by atoms with Gasteiger partial charge < -0.3 is 14.8 Å². The molecule has 1 aromatic rings. The molecule has 0 aliphatic heterocycles. The lowest BCUT2D eigenvalue weighted by Gasteiger charge is -2.28. The van der Waals surface area contributed by atoms with E-state index in [-0.39, 0.29) is 12.0 Å². The average Bonchev–Trinajstić information content (AvgIpc) is 3.01. The van der Waals surface area contributed by atoms with Crippen LogP contribution in [0.3, 0.4) is 0 Å². The van der Waals surface area contributed by atoms with Gasteiger partial charge in [0.15, 0.2) is 0 Å². The highest BCUT2D eigenvalue weighted by atomic mass is 16.4.